The first-order valence-corrected chi connectivity index (χ1v) is 6.92. The Kier molecular flexibility index (Phi) is 6.44. The topological polar surface area (TPSA) is 46.5 Å². The van der Waals surface area contributed by atoms with Crippen LogP contribution in [0.5, 0.6) is 0 Å². The van der Waals surface area contributed by atoms with Gasteiger partial charge in [-0.15, -0.1) is 11.6 Å². The maximum Gasteiger partial charge on any atom is 0.184 e. The van der Waals surface area contributed by atoms with Crippen molar-refractivity contribution in [3.63, 3.8) is 0 Å². The molecule has 0 fully saturated rings. The lowest BCUT2D eigenvalue weighted by atomic mass is 9.96. The fraction of sp³-hybridized carbons (Fsp3) is 0.643. The van der Waals surface area contributed by atoms with E-state index in [-0.39, 0.29) is 5.78 Å². The zero-order valence-electron chi connectivity index (χ0n) is 11.0. The summed E-state index contributed by atoms with van der Waals surface area (Å²) in [7, 11) is 0. The maximum atomic E-state index is 11.8. The third-order valence-electron chi connectivity index (χ3n) is 2.89. The smallest absolute Gasteiger partial charge is 0.184 e. The summed E-state index contributed by atoms with van der Waals surface area (Å²) in [5.41, 5.74) is 0.675. The van der Waals surface area contributed by atoms with Crippen molar-refractivity contribution < 1.29 is 14.6 Å². The predicted octanol–water partition coefficient (Wildman–Crippen LogP) is 2.96. The minimum Gasteiger partial charge on any atom is -0.498 e. The molecule has 0 saturated heterocycles. The number of aliphatic hydroxyl groups is 1. The Morgan fingerprint density at radius 2 is 2.22 bits per heavy atom. The van der Waals surface area contributed by atoms with Gasteiger partial charge in [0.15, 0.2) is 5.78 Å². The van der Waals surface area contributed by atoms with Crippen LogP contribution in [0.15, 0.2) is 23.5 Å². The van der Waals surface area contributed by atoms with Crippen LogP contribution < -0.4 is 0 Å². The Balaban J connectivity index is 2.66. The highest BCUT2D eigenvalue weighted by Crippen LogP contribution is 2.23. The van der Waals surface area contributed by atoms with Crippen LogP contribution in [-0.4, -0.2) is 29.0 Å². The number of alkyl halides is 1. The molecule has 18 heavy (non-hydrogen) atoms. The molecule has 0 spiro atoms. The monoisotopic (exact) mass is 272 g/mol. The van der Waals surface area contributed by atoms with Crippen LogP contribution in [0.1, 0.15) is 39.5 Å². The van der Waals surface area contributed by atoms with E-state index in [2.05, 4.69) is 0 Å². The van der Waals surface area contributed by atoms with Crippen LogP contribution >= 0.6 is 11.6 Å². The molecule has 3 nitrogen and oxygen atoms in total. The predicted molar refractivity (Wildman–Crippen MR) is 72.6 cm³/mol. The van der Waals surface area contributed by atoms with Gasteiger partial charge in [0, 0.05) is 12.5 Å². The van der Waals surface area contributed by atoms with Gasteiger partial charge in [-0.2, -0.15) is 0 Å². The van der Waals surface area contributed by atoms with Crippen molar-refractivity contribution in [1.82, 2.24) is 0 Å². The van der Waals surface area contributed by atoms with E-state index in [1.807, 2.05) is 13.8 Å². The summed E-state index contributed by atoms with van der Waals surface area (Å²) in [6.45, 7) is 4.46. The van der Waals surface area contributed by atoms with Gasteiger partial charge in [0.05, 0.1) is 18.1 Å². The number of ether oxygens (including phenoxy) is 1. The summed E-state index contributed by atoms with van der Waals surface area (Å²) < 4.78 is 5.32. The summed E-state index contributed by atoms with van der Waals surface area (Å²) in [5.74, 6) is 0.680. The number of hydrogen-bond donors (Lipinski definition) is 1. The summed E-state index contributed by atoms with van der Waals surface area (Å²) in [5, 5.41) is 9.25. The zero-order chi connectivity index (χ0) is 13.5. The normalized spacial score (nSPS) is 21.7. The van der Waals surface area contributed by atoms with Crippen molar-refractivity contribution in [3.05, 3.63) is 23.5 Å². The Morgan fingerprint density at radius 1 is 1.50 bits per heavy atom. The van der Waals surface area contributed by atoms with Crippen LogP contribution in [0.25, 0.3) is 0 Å². The molecule has 0 amide bonds. The number of carbonyl (C=O) groups is 1. The van der Waals surface area contributed by atoms with Gasteiger partial charge in [0.2, 0.25) is 0 Å². The number of hydrogen-bond acceptors (Lipinski definition) is 3. The van der Waals surface area contributed by atoms with Gasteiger partial charge in [-0.25, -0.2) is 0 Å². The number of carbonyl (C=O) groups excluding carboxylic acids is 1. The van der Waals surface area contributed by atoms with E-state index >= 15 is 0 Å². The van der Waals surface area contributed by atoms with Crippen molar-refractivity contribution in [2.75, 3.05) is 6.61 Å². The Bertz CT molecular complexity index is 347. The molecule has 0 unspecified atom stereocenters. The molecule has 0 radical (unpaired) electrons. The zero-order valence-corrected chi connectivity index (χ0v) is 11.7. The Labute approximate surface area is 113 Å². The van der Waals surface area contributed by atoms with E-state index in [1.54, 1.807) is 6.08 Å². The second kappa shape index (κ2) is 7.59. The van der Waals surface area contributed by atoms with Gasteiger partial charge in [0.25, 0.3) is 0 Å². The average Bonchev–Trinajstić information content (AvgIpc) is 2.33. The molecule has 1 rings (SSSR count). The molecule has 0 heterocycles. The summed E-state index contributed by atoms with van der Waals surface area (Å²) in [4.78, 5) is 11.8. The molecule has 1 aliphatic rings. The Morgan fingerprint density at radius 3 is 2.78 bits per heavy atom. The van der Waals surface area contributed by atoms with E-state index in [0.29, 0.717) is 25.0 Å². The van der Waals surface area contributed by atoms with Crippen LogP contribution in [0, 0.1) is 0 Å². The number of rotatable bonds is 6. The number of ketones is 1. The lowest BCUT2D eigenvalue weighted by Gasteiger charge is -2.18. The lowest BCUT2D eigenvalue weighted by Crippen LogP contribution is -2.20. The largest absolute Gasteiger partial charge is 0.498 e. The van der Waals surface area contributed by atoms with E-state index in [4.69, 9.17) is 16.3 Å². The van der Waals surface area contributed by atoms with Crippen LogP contribution in [0.3, 0.4) is 0 Å². The molecular weight excluding hydrogens is 252 g/mol. The first kappa shape index (κ1) is 15.3. The third-order valence-corrected chi connectivity index (χ3v) is 3.31. The number of allylic oxidation sites excluding steroid dienone is 3. The molecule has 0 aromatic carbocycles. The lowest BCUT2D eigenvalue weighted by molar-refractivity contribution is -0.112. The summed E-state index contributed by atoms with van der Waals surface area (Å²) in [6.07, 6.45) is 5.49. The molecule has 1 N–H and O–H groups in total. The first-order valence-electron chi connectivity index (χ1n) is 6.49. The summed E-state index contributed by atoms with van der Waals surface area (Å²) in [6, 6.07) is 0. The second-order valence-corrected chi connectivity index (χ2v) is 4.90. The van der Waals surface area contributed by atoms with Crippen molar-refractivity contribution in [2.45, 2.75) is 51.0 Å². The van der Waals surface area contributed by atoms with E-state index in [1.165, 1.54) is 6.08 Å². The van der Waals surface area contributed by atoms with Crippen molar-refractivity contribution in [3.8, 4) is 0 Å². The molecule has 0 saturated carbocycles. The number of halogens is 1. The average molecular weight is 273 g/mol. The molecule has 0 aromatic rings. The fourth-order valence-corrected chi connectivity index (χ4v) is 2.19. The van der Waals surface area contributed by atoms with Crippen molar-refractivity contribution in [1.29, 1.82) is 0 Å². The van der Waals surface area contributed by atoms with Crippen LogP contribution in [-0.2, 0) is 9.53 Å². The Hall–Kier alpha value is -0.800. The minimum atomic E-state index is -0.589. The molecule has 1 aliphatic carbocycles. The summed E-state index contributed by atoms with van der Waals surface area (Å²) >= 11 is 6.08. The fourth-order valence-electron chi connectivity index (χ4n) is 1.92. The van der Waals surface area contributed by atoms with Gasteiger partial charge in [0.1, 0.15) is 5.76 Å². The minimum absolute atomic E-state index is 0.0564. The molecule has 0 aliphatic heterocycles. The molecule has 0 bridgehead atoms. The van der Waals surface area contributed by atoms with Gasteiger partial charge in [-0.3, -0.25) is 4.79 Å². The van der Waals surface area contributed by atoms with Gasteiger partial charge >= 0.3 is 0 Å². The molecule has 102 valence electrons. The third kappa shape index (κ3) is 4.46. The molecule has 2 atom stereocenters. The van der Waals surface area contributed by atoms with Gasteiger partial charge in [-0.1, -0.05) is 19.4 Å². The molecule has 0 aromatic heterocycles. The highest BCUT2D eigenvalue weighted by Gasteiger charge is 2.20. The van der Waals surface area contributed by atoms with Gasteiger partial charge in [-0.05, 0) is 25.3 Å². The van der Waals surface area contributed by atoms with Crippen molar-refractivity contribution >= 4 is 17.4 Å². The number of aliphatic hydroxyl groups excluding tert-OH is 1. The SMILES string of the molecule is CCC[C@H](O)[C@H](Cl)/C=C1\CCC(OCC)=CC1=O. The highest BCUT2D eigenvalue weighted by atomic mass is 35.5. The van der Waals surface area contributed by atoms with Crippen LogP contribution in [0.4, 0.5) is 0 Å². The molecule has 4 heteroatoms. The second-order valence-electron chi connectivity index (χ2n) is 4.40. The maximum absolute atomic E-state index is 11.8. The van der Waals surface area contributed by atoms with E-state index < -0.39 is 11.5 Å². The van der Waals surface area contributed by atoms with Crippen LogP contribution in [0.2, 0.25) is 0 Å². The highest BCUT2D eigenvalue weighted by molar-refractivity contribution is 6.22. The van der Waals surface area contributed by atoms with E-state index in [9.17, 15) is 9.90 Å². The van der Waals surface area contributed by atoms with E-state index in [0.717, 1.165) is 18.6 Å². The van der Waals surface area contributed by atoms with Gasteiger partial charge < -0.3 is 9.84 Å². The first-order chi connectivity index (χ1) is 8.58. The standard InChI is InChI=1S/C14H21ClO3/c1-3-5-13(16)12(15)8-10-6-7-11(18-4-2)9-14(10)17/h8-9,12-13,16H,3-7H2,1-2H3/b10-8+/t12-,13+/m1/s1. The van der Waals surface area contributed by atoms with Crippen molar-refractivity contribution in [2.24, 2.45) is 0 Å². The molecular formula is C14H21ClO3. The quantitative estimate of drug-likeness (QED) is 0.597.